The summed E-state index contributed by atoms with van der Waals surface area (Å²) in [5, 5.41) is 2.96. The Kier molecular flexibility index (Phi) is 4.15. The van der Waals surface area contributed by atoms with E-state index < -0.39 is 0 Å². The molecule has 2 rings (SSSR count). The molecule has 1 amide bonds. The molecule has 98 valence electrons. The van der Waals surface area contributed by atoms with E-state index in [1.807, 2.05) is 0 Å². The quantitative estimate of drug-likeness (QED) is 0.833. The van der Waals surface area contributed by atoms with Crippen molar-refractivity contribution < 1.29 is 4.79 Å². The lowest BCUT2D eigenvalue weighted by atomic mass is 10.0. The number of piperidine rings is 1. The summed E-state index contributed by atoms with van der Waals surface area (Å²) in [5.41, 5.74) is 6.04. The zero-order valence-corrected chi connectivity index (χ0v) is 10.7. The Hall–Kier alpha value is -1.62. The molecular weight excluding hydrogens is 228 g/mol. The molecule has 0 bridgehead atoms. The number of aromatic nitrogens is 1. The summed E-state index contributed by atoms with van der Waals surface area (Å²) >= 11 is 0. The molecule has 2 heterocycles. The second-order valence-electron chi connectivity index (χ2n) is 4.81. The number of hydrogen-bond acceptors (Lipinski definition) is 4. The molecule has 0 radical (unpaired) electrons. The van der Waals surface area contributed by atoms with Crippen molar-refractivity contribution in [2.75, 3.05) is 25.9 Å². The van der Waals surface area contributed by atoms with Crippen LogP contribution in [0, 0.1) is 0 Å². The molecule has 0 aliphatic carbocycles. The summed E-state index contributed by atoms with van der Waals surface area (Å²) in [6.45, 7) is 1.81. The van der Waals surface area contributed by atoms with Gasteiger partial charge in [0.15, 0.2) is 0 Å². The van der Waals surface area contributed by atoms with Gasteiger partial charge in [-0.25, -0.2) is 4.98 Å². The van der Waals surface area contributed by atoms with Crippen LogP contribution in [0.4, 0.5) is 5.82 Å². The normalized spacial score (nSPS) is 20.6. The van der Waals surface area contributed by atoms with Crippen LogP contribution in [0.25, 0.3) is 0 Å². The molecule has 0 saturated carbocycles. The van der Waals surface area contributed by atoms with Gasteiger partial charge < -0.3 is 16.0 Å². The van der Waals surface area contributed by atoms with Crippen molar-refractivity contribution in [3.63, 3.8) is 0 Å². The highest BCUT2D eigenvalue weighted by molar-refractivity contribution is 5.94. The highest BCUT2D eigenvalue weighted by atomic mass is 16.1. The molecule has 5 nitrogen and oxygen atoms in total. The largest absolute Gasteiger partial charge is 0.384 e. The number of nitrogens with zero attached hydrogens (tertiary/aromatic N) is 2. The number of amides is 1. The van der Waals surface area contributed by atoms with E-state index in [4.69, 9.17) is 5.73 Å². The van der Waals surface area contributed by atoms with Gasteiger partial charge in [0.25, 0.3) is 5.91 Å². The molecule has 1 atom stereocenters. The van der Waals surface area contributed by atoms with Crippen LogP contribution in [-0.4, -0.2) is 42.0 Å². The minimum Gasteiger partial charge on any atom is -0.384 e. The number of rotatable bonds is 3. The lowest BCUT2D eigenvalue weighted by Crippen LogP contribution is -2.44. The number of carbonyl (C=O) groups is 1. The molecule has 1 unspecified atom stereocenters. The second-order valence-corrected chi connectivity index (χ2v) is 4.81. The Labute approximate surface area is 107 Å². The first-order chi connectivity index (χ1) is 8.66. The summed E-state index contributed by atoms with van der Waals surface area (Å²) in [6, 6.07) is 3.79. The van der Waals surface area contributed by atoms with Crippen LogP contribution in [0.1, 0.15) is 29.6 Å². The Bertz CT molecular complexity index is 404. The highest BCUT2D eigenvalue weighted by Gasteiger charge is 2.19. The third-order valence-electron chi connectivity index (χ3n) is 3.47. The van der Waals surface area contributed by atoms with Gasteiger partial charge in [0.2, 0.25) is 0 Å². The van der Waals surface area contributed by atoms with Gasteiger partial charge in [-0.3, -0.25) is 4.79 Å². The van der Waals surface area contributed by atoms with Crippen LogP contribution >= 0.6 is 0 Å². The Morgan fingerprint density at radius 1 is 1.56 bits per heavy atom. The smallest absolute Gasteiger partial charge is 0.252 e. The van der Waals surface area contributed by atoms with E-state index in [1.165, 1.54) is 19.0 Å². The van der Waals surface area contributed by atoms with Gasteiger partial charge in [-0.2, -0.15) is 0 Å². The molecule has 1 aliphatic rings. The maximum atomic E-state index is 11.9. The number of nitrogens with one attached hydrogen (secondary N) is 1. The molecule has 1 saturated heterocycles. The van der Waals surface area contributed by atoms with Crippen LogP contribution in [-0.2, 0) is 0 Å². The first kappa shape index (κ1) is 12.8. The van der Waals surface area contributed by atoms with E-state index in [0.29, 0.717) is 24.0 Å². The molecule has 1 aromatic rings. The van der Waals surface area contributed by atoms with E-state index in [0.717, 1.165) is 13.0 Å². The standard InChI is InChI=1S/C13H20N4O/c1-17-7-3-2-4-11(17)9-16-13(18)10-5-6-12(14)15-8-10/h5-6,8,11H,2-4,7,9H2,1H3,(H2,14,15)(H,16,18). The van der Waals surface area contributed by atoms with Crippen LogP contribution < -0.4 is 11.1 Å². The van der Waals surface area contributed by atoms with Gasteiger partial charge in [0.05, 0.1) is 5.56 Å². The Morgan fingerprint density at radius 3 is 3.06 bits per heavy atom. The molecular formula is C13H20N4O. The predicted molar refractivity (Wildman–Crippen MR) is 71.3 cm³/mol. The van der Waals surface area contributed by atoms with Crippen LogP contribution in [0.2, 0.25) is 0 Å². The van der Waals surface area contributed by atoms with Gasteiger partial charge >= 0.3 is 0 Å². The molecule has 0 aromatic carbocycles. The minimum absolute atomic E-state index is 0.0820. The molecule has 1 aliphatic heterocycles. The predicted octanol–water partition coefficient (Wildman–Crippen LogP) is 0.878. The van der Waals surface area contributed by atoms with E-state index in [9.17, 15) is 4.79 Å². The highest BCUT2D eigenvalue weighted by Crippen LogP contribution is 2.14. The fourth-order valence-electron chi connectivity index (χ4n) is 2.25. The third kappa shape index (κ3) is 3.20. The Morgan fingerprint density at radius 2 is 2.39 bits per heavy atom. The number of likely N-dealkylation sites (tertiary alicyclic amines) is 1. The summed E-state index contributed by atoms with van der Waals surface area (Å²) in [6.07, 6.45) is 5.16. The first-order valence-electron chi connectivity index (χ1n) is 6.37. The van der Waals surface area contributed by atoms with Gasteiger partial charge in [0.1, 0.15) is 5.82 Å². The Balaban J connectivity index is 1.86. The van der Waals surface area contributed by atoms with Crippen molar-refractivity contribution in [3.8, 4) is 0 Å². The van der Waals surface area contributed by atoms with Crippen molar-refractivity contribution in [2.24, 2.45) is 0 Å². The van der Waals surface area contributed by atoms with Crippen LogP contribution in [0.15, 0.2) is 18.3 Å². The molecule has 0 spiro atoms. The van der Waals surface area contributed by atoms with E-state index in [1.54, 1.807) is 12.1 Å². The van der Waals surface area contributed by atoms with Crippen molar-refractivity contribution in [1.29, 1.82) is 0 Å². The monoisotopic (exact) mass is 248 g/mol. The third-order valence-corrected chi connectivity index (χ3v) is 3.47. The number of carbonyl (C=O) groups excluding carboxylic acids is 1. The second kappa shape index (κ2) is 5.82. The van der Waals surface area contributed by atoms with E-state index >= 15 is 0 Å². The fraction of sp³-hybridized carbons (Fsp3) is 0.538. The maximum absolute atomic E-state index is 11.9. The average Bonchev–Trinajstić information content (AvgIpc) is 2.38. The molecule has 1 fully saturated rings. The number of anilines is 1. The zero-order valence-electron chi connectivity index (χ0n) is 10.7. The van der Waals surface area contributed by atoms with Crippen molar-refractivity contribution in [2.45, 2.75) is 25.3 Å². The van der Waals surface area contributed by atoms with Gasteiger partial charge in [-0.1, -0.05) is 6.42 Å². The SMILES string of the molecule is CN1CCCCC1CNC(=O)c1ccc(N)nc1. The van der Waals surface area contributed by atoms with Crippen molar-refractivity contribution >= 4 is 11.7 Å². The van der Waals surface area contributed by atoms with Gasteiger partial charge in [0, 0.05) is 18.8 Å². The number of nitrogen functional groups attached to an aromatic ring is 1. The summed E-state index contributed by atoms with van der Waals surface area (Å²) in [7, 11) is 2.11. The lowest BCUT2D eigenvalue weighted by Gasteiger charge is -2.32. The first-order valence-corrected chi connectivity index (χ1v) is 6.37. The summed E-state index contributed by atoms with van der Waals surface area (Å²) < 4.78 is 0. The van der Waals surface area contributed by atoms with Crippen LogP contribution in [0.5, 0.6) is 0 Å². The lowest BCUT2D eigenvalue weighted by molar-refractivity contribution is 0.0928. The van der Waals surface area contributed by atoms with Crippen molar-refractivity contribution in [3.05, 3.63) is 23.9 Å². The number of nitrogens with two attached hydrogens (primary N) is 1. The van der Waals surface area contributed by atoms with E-state index in [-0.39, 0.29) is 5.91 Å². The molecule has 3 N–H and O–H groups in total. The number of pyridine rings is 1. The van der Waals surface area contributed by atoms with E-state index in [2.05, 4.69) is 22.2 Å². The average molecular weight is 248 g/mol. The molecule has 5 heteroatoms. The topological polar surface area (TPSA) is 71.2 Å². The maximum Gasteiger partial charge on any atom is 0.252 e. The molecule has 18 heavy (non-hydrogen) atoms. The molecule has 1 aromatic heterocycles. The fourth-order valence-corrected chi connectivity index (χ4v) is 2.25. The number of hydrogen-bond donors (Lipinski definition) is 2. The number of likely N-dealkylation sites (N-methyl/N-ethyl adjacent to an activating group) is 1. The minimum atomic E-state index is -0.0820. The zero-order chi connectivity index (χ0) is 13.0. The summed E-state index contributed by atoms with van der Waals surface area (Å²) in [4.78, 5) is 18.1. The van der Waals surface area contributed by atoms with Crippen LogP contribution in [0.3, 0.4) is 0 Å². The summed E-state index contributed by atoms with van der Waals surface area (Å²) in [5.74, 6) is 0.347. The van der Waals surface area contributed by atoms with Gasteiger partial charge in [-0.15, -0.1) is 0 Å². The van der Waals surface area contributed by atoms with Gasteiger partial charge in [-0.05, 0) is 38.6 Å². The van der Waals surface area contributed by atoms with Crippen molar-refractivity contribution in [1.82, 2.24) is 15.2 Å².